The maximum Gasteiger partial charge on any atom is 0.407 e. The van der Waals surface area contributed by atoms with Crippen LogP contribution in [-0.4, -0.2) is 29.4 Å². The largest absolute Gasteiger partial charge is 0.479 e. The number of aryl methyl sites for hydroxylation is 1. The lowest BCUT2D eigenvalue weighted by molar-refractivity contribution is -0.153. The smallest absolute Gasteiger partial charge is 0.407 e. The highest BCUT2D eigenvalue weighted by Gasteiger charge is 2.20. The van der Waals surface area contributed by atoms with Crippen molar-refractivity contribution in [1.29, 1.82) is 0 Å². The number of carbonyl (C=O) groups excluding carboxylic acids is 1. The predicted molar refractivity (Wildman–Crippen MR) is 120 cm³/mol. The molecule has 0 saturated heterocycles. The SMILES string of the molecule is CCCCc1ccc(COC(=O)NCc2cccc(C[C@H](OC(C)C)C(=O)O)c2)cc1. The molecule has 0 fully saturated rings. The first kappa shape index (κ1) is 24.4. The number of ether oxygens (including phenoxy) is 2. The molecule has 31 heavy (non-hydrogen) atoms. The highest BCUT2D eigenvalue weighted by atomic mass is 16.5. The molecule has 168 valence electrons. The van der Waals surface area contributed by atoms with Crippen LogP contribution in [0.15, 0.2) is 48.5 Å². The molecule has 0 unspecified atom stereocenters. The van der Waals surface area contributed by atoms with Gasteiger partial charge in [0.15, 0.2) is 6.10 Å². The van der Waals surface area contributed by atoms with Crippen LogP contribution < -0.4 is 5.32 Å². The quantitative estimate of drug-likeness (QED) is 0.504. The number of unbranched alkanes of at least 4 members (excludes halogenated alkanes) is 1. The molecule has 6 heteroatoms. The number of carboxylic acid groups (broad SMARTS) is 1. The number of rotatable bonds is 12. The number of carbonyl (C=O) groups is 2. The van der Waals surface area contributed by atoms with Gasteiger partial charge in [-0.25, -0.2) is 9.59 Å². The average Bonchev–Trinajstić information content (AvgIpc) is 2.75. The van der Waals surface area contributed by atoms with Crippen LogP contribution in [0.1, 0.15) is 55.9 Å². The number of benzene rings is 2. The van der Waals surface area contributed by atoms with Crippen LogP contribution in [0.5, 0.6) is 0 Å². The fourth-order valence-corrected chi connectivity index (χ4v) is 3.16. The Bertz CT molecular complexity index is 832. The molecule has 2 N–H and O–H groups in total. The monoisotopic (exact) mass is 427 g/mol. The van der Waals surface area contributed by atoms with Crippen molar-refractivity contribution in [2.75, 3.05) is 0 Å². The molecule has 6 nitrogen and oxygen atoms in total. The fraction of sp³-hybridized carbons (Fsp3) is 0.440. The molecular formula is C25H33NO5. The van der Waals surface area contributed by atoms with E-state index in [1.54, 1.807) is 0 Å². The average molecular weight is 428 g/mol. The van der Waals surface area contributed by atoms with Gasteiger partial charge in [-0.1, -0.05) is 61.9 Å². The third kappa shape index (κ3) is 9.22. The van der Waals surface area contributed by atoms with E-state index in [0.717, 1.165) is 23.1 Å². The van der Waals surface area contributed by atoms with E-state index in [1.807, 2.05) is 50.2 Å². The molecule has 0 aromatic heterocycles. The van der Waals surface area contributed by atoms with Crippen molar-refractivity contribution in [3.63, 3.8) is 0 Å². The first-order valence-electron chi connectivity index (χ1n) is 10.8. The van der Waals surface area contributed by atoms with Gasteiger partial charge >= 0.3 is 12.1 Å². The topological polar surface area (TPSA) is 84.9 Å². The summed E-state index contributed by atoms with van der Waals surface area (Å²) < 4.78 is 10.8. The minimum Gasteiger partial charge on any atom is -0.479 e. The second kappa shape index (κ2) is 12.7. The Morgan fingerprint density at radius 3 is 2.32 bits per heavy atom. The van der Waals surface area contributed by atoms with Crippen molar-refractivity contribution in [3.05, 3.63) is 70.8 Å². The molecule has 0 radical (unpaired) electrons. The standard InChI is InChI=1S/C25H33NO5/c1-4-5-7-19-10-12-20(13-11-19)17-30-25(29)26-16-22-9-6-8-21(14-22)15-23(24(27)28)31-18(2)3/h6,8-14,18,23H,4-5,7,15-17H2,1-3H3,(H,26,29)(H,27,28)/t23-/m0/s1. The summed E-state index contributed by atoms with van der Waals surface area (Å²) in [4.78, 5) is 23.4. The number of carboxylic acids is 1. The molecule has 0 aliphatic rings. The molecule has 1 amide bonds. The summed E-state index contributed by atoms with van der Waals surface area (Å²) in [5.74, 6) is -0.987. The number of hydrogen-bond acceptors (Lipinski definition) is 4. The molecule has 0 aliphatic heterocycles. The van der Waals surface area contributed by atoms with Crippen LogP contribution in [-0.2, 0) is 40.3 Å². The van der Waals surface area contributed by atoms with Crippen LogP contribution in [0.2, 0.25) is 0 Å². The molecule has 0 aliphatic carbocycles. The van der Waals surface area contributed by atoms with Crippen LogP contribution in [0.3, 0.4) is 0 Å². The Morgan fingerprint density at radius 2 is 1.68 bits per heavy atom. The lowest BCUT2D eigenvalue weighted by Crippen LogP contribution is -2.29. The predicted octanol–water partition coefficient (Wildman–Crippen LogP) is 4.88. The summed E-state index contributed by atoms with van der Waals surface area (Å²) in [7, 11) is 0. The van der Waals surface area contributed by atoms with Gasteiger partial charge in [-0.05, 0) is 48.9 Å². The summed E-state index contributed by atoms with van der Waals surface area (Å²) in [5, 5.41) is 12.1. The van der Waals surface area contributed by atoms with Gasteiger partial charge in [0.1, 0.15) is 6.61 Å². The zero-order valence-corrected chi connectivity index (χ0v) is 18.6. The van der Waals surface area contributed by atoms with Gasteiger partial charge in [0.25, 0.3) is 0 Å². The lowest BCUT2D eigenvalue weighted by Gasteiger charge is -2.17. The molecular weight excluding hydrogens is 394 g/mol. The number of hydrogen-bond donors (Lipinski definition) is 2. The Kier molecular flexibility index (Phi) is 10.0. The van der Waals surface area contributed by atoms with Gasteiger partial charge in [0.2, 0.25) is 0 Å². The Balaban J connectivity index is 1.81. The highest BCUT2D eigenvalue weighted by Crippen LogP contribution is 2.12. The maximum atomic E-state index is 12.0. The van der Waals surface area contributed by atoms with E-state index in [1.165, 1.54) is 18.4 Å². The molecule has 1 atom stereocenters. The summed E-state index contributed by atoms with van der Waals surface area (Å²) in [5.41, 5.74) is 3.94. The first-order valence-corrected chi connectivity index (χ1v) is 10.8. The summed E-state index contributed by atoms with van der Waals surface area (Å²) in [6, 6.07) is 15.6. The van der Waals surface area contributed by atoms with Crippen molar-refractivity contribution in [3.8, 4) is 0 Å². The molecule has 2 aromatic rings. The molecule has 0 heterocycles. The van der Waals surface area contributed by atoms with Crippen LogP contribution >= 0.6 is 0 Å². The zero-order valence-electron chi connectivity index (χ0n) is 18.6. The summed E-state index contributed by atoms with van der Waals surface area (Å²) in [6.07, 6.45) is 2.09. The van der Waals surface area contributed by atoms with Gasteiger partial charge in [0.05, 0.1) is 6.10 Å². The van der Waals surface area contributed by atoms with E-state index >= 15 is 0 Å². The summed E-state index contributed by atoms with van der Waals surface area (Å²) in [6.45, 7) is 6.30. The first-order chi connectivity index (χ1) is 14.9. The minimum absolute atomic E-state index is 0.173. The van der Waals surface area contributed by atoms with Crippen molar-refractivity contribution >= 4 is 12.1 Å². The Hall–Kier alpha value is -2.86. The van der Waals surface area contributed by atoms with E-state index in [9.17, 15) is 14.7 Å². The molecule has 0 spiro atoms. The normalized spacial score (nSPS) is 11.9. The third-order valence-electron chi connectivity index (χ3n) is 4.77. The van der Waals surface area contributed by atoms with Crippen molar-refractivity contribution in [2.24, 2.45) is 0 Å². The van der Waals surface area contributed by atoms with E-state index in [2.05, 4.69) is 24.4 Å². The van der Waals surface area contributed by atoms with Gasteiger partial charge < -0.3 is 19.9 Å². The van der Waals surface area contributed by atoms with Gasteiger partial charge in [-0.15, -0.1) is 0 Å². The Morgan fingerprint density at radius 1 is 1.00 bits per heavy atom. The second-order valence-electron chi connectivity index (χ2n) is 7.89. The second-order valence-corrected chi connectivity index (χ2v) is 7.89. The van der Waals surface area contributed by atoms with Gasteiger partial charge in [-0.2, -0.15) is 0 Å². The number of nitrogens with one attached hydrogen (secondary N) is 1. The van der Waals surface area contributed by atoms with Crippen molar-refractivity contribution in [1.82, 2.24) is 5.32 Å². The molecule has 0 saturated carbocycles. The van der Waals surface area contributed by atoms with E-state index < -0.39 is 18.2 Å². The highest BCUT2D eigenvalue weighted by molar-refractivity contribution is 5.72. The number of alkyl carbamates (subject to hydrolysis) is 1. The third-order valence-corrected chi connectivity index (χ3v) is 4.77. The zero-order chi connectivity index (χ0) is 22.6. The van der Waals surface area contributed by atoms with E-state index in [0.29, 0.717) is 6.54 Å². The molecule has 2 rings (SSSR count). The summed E-state index contributed by atoms with van der Waals surface area (Å²) >= 11 is 0. The molecule has 2 aromatic carbocycles. The van der Waals surface area contributed by atoms with Gasteiger partial charge in [0, 0.05) is 13.0 Å². The Labute approximate surface area is 184 Å². The lowest BCUT2D eigenvalue weighted by atomic mass is 10.0. The fourth-order valence-electron chi connectivity index (χ4n) is 3.16. The van der Waals surface area contributed by atoms with Crippen LogP contribution in [0.4, 0.5) is 4.79 Å². The van der Waals surface area contributed by atoms with E-state index in [-0.39, 0.29) is 19.1 Å². The van der Waals surface area contributed by atoms with Crippen molar-refractivity contribution < 1.29 is 24.2 Å². The van der Waals surface area contributed by atoms with Crippen LogP contribution in [0.25, 0.3) is 0 Å². The van der Waals surface area contributed by atoms with Gasteiger partial charge in [-0.3, -0.25) is 0 Å². The number of amides is 1. The maximum absolute atomic E-state index is 12.0. The van der Waals surface area contributed by atoms with E-state index in [4.69, 9.17) is 9.47 Å². The molecule has 0 bridgehead atoms. The van der Waals surface area contributed by atoms with Crippen molar-refractivity contribution in [2.45, 2.75) is 71.8 Å². The number of aliphatic carboxylic acids is 1. The van der Waals surface area contributed by atoms with Crippen LogP contribution in [0, 0.1) is 0 Å². The minimum atomic E-state index is -0.987.